The number of nitrogens with one attached hydrogen (secondary N) is 1. The Morgan fingerprint density at radius 3 is 3.10 bits per heavy atom. The van der Waals surface area contributed by atoms with Crippen molar-refractivity contribution in [1.82, 2.24) is 14.9 Å². The van der Waals surface area contributed by atoms with E-state index < -0.39 is 12.0 Å². The van der Waals surface area contributed by atoms with E-state index in [9.17, 15) is 14.7 Å². The molecule has 0 unspecified atom stereocenters. The number of carbonyl (C=O) groups excluding carboxylic acids is 1. The van der Waals surface area contributed by atoms with Crippen molar-refractivity contribution < 1.29 is 14.7 Å². The molecule has 3 rings (SSSR count). The third-order valence-corrected chi connectivity index (χ3v) is 4.61. The number of rotatable bonds is 4. The van der Waals surface area contributed by atoms with Gasteiger partial charge in [0, 0.05) is 17.7 Å². The van der Waals surface area contributed by atoms with Crippen molar-refractivity contribution in [3.05, 3.63) is 40.1 Å². The van der Waals surface area contributed by atoms with Crippen LogP contribution in [0.2, 0.25) is 0 Å². The lowest BCUT2D eigenvalue weighted by Crippen LogP contribution is -2.48. The van der Waals surface area contributed by atoms with Crippen molar-refractivity contribution in [2.45, 2.75) is 31.8 Å². The summed E-state index contributed by atoms with van der Waals surface area (Å²) in [6.45, 7) is 0.287. The molecule has 3 heterocycles. The summed E-state index contributed by atoms with van der Waals surface area (Å²) in [5, 5.41) is 11.3. The number of aryl methyl sites for hydroxylation is 1. The van der Waals surface area contributed by atoms with Crippen molar-refractivity contribution in [1.29, 1.82) is 0 Å². The van der Waals surface area contributed by atoms with Crippen LogP contribution in [0, 0.1) is 0 Å². The molecule has 6 nitrogen and oxygen atoms in total. The number of fused-ring (bicyclic) bond motifs is 1. The van der Waals surface area contributed by atoms with E-state index in [0.29, 0.717) is 12.8 Å². The van der Waals surface area contributed by atoms with Gasteiger partial charge in [-0.3, -0.25) is 4.79 Å². The molecule has 21 heavy (non-hydrogen) atoms. The number of thiophene rings is 1. The summed E-state index contributed by atoms with van der Waals surface area (Å²) in [6.07, 6.45) is 2.78. The lowest BCUT2D eigenvalue weighted by Gasteiger charge is -2.32. The Morgan fingerprint density at radius 1 is 1.52 bits per heavy atom. The molecule has 0 fully saturated rings. The summed E-state index contributed by atoms with van der Waals surface area (Å²) in [6, 6.07) is 3.11. The Hall–Kier alpha value is -2.15. The van der Waals surface area contributed by atoms with E-state index in [1.54, 1.807) is 17.7 Å². The monoisotopic (exact) mass is 305 g/mol. The lowest BCUT2D eigenvalue weighted by molar-refractivity contribution is -0.151. The summed E-state index contributed by atoms with van der Waals surface area (Å²) in [7, 11) is 0. The van der Waals surface area contributed by atoms with E-state index in [0.717, 1.165) is 16.3 Å². The zero-order chi connectivity index (χ0) is 14.8. The van der Waals surface area contributed by atoms with E-state index in [1.165, 1.54) is 4.90 Å². The van der Waals surface area contributed by atoms with Gasteiger partial charge in [-0.15, -0.1) is 11.3 Å². The molecule has 0 radical (unpaired) electrons. The number of imidazole rings is 1. The number of hydrogen-bond donors (Lipinski definition) is 2. The third kappa shape index (κ3) is 2.82. The highest BCUT2D eigenvalue weighted by molar-refractivity contribution is 7.09. The summed E-state index contributed by atoms with van der Waals surface area (Å²) in [5.74, 6) is -1.11. The number of carbonyl (C=O) groups is 2. The Kier molecular flexibility index (Phi) is 3.74. The molecule has 0 saturated heterocycles. The first-order chi connectivity index (χ1) is 10.1. The van der Waals surface area contributed by atoms with Gasteiger partial charge >= 0.3 is 5.97 Å². The maximum atomic E-state index is 12.4. The minimum Gasteiger partial charge on any atom is -0.480 e. The van der Waals surface area contributed by atoms with E-state index in [2.05, 4.69) is 9.97 Å². The van der Waals surface area contributed by atoms with Crippen molar-refractivity contribution in [2.75, 3.05) is 0 Å². The van der Waals surface area contributed by atoms with Gasteiger partial charge in [0.25, 0.3) is 0 Å². The highest BCUT2D eigenvalue weighted by atomic mass is 32.1. The second kappa shape index (κ2) is 5.69. The van der Waals surface area contributed by atoms with Gasteiger partial charge < -0.3 is 15.0 Å². The summed E-state index contributed by atoms with van der Waals surface area (Å²) in [4.78, 5) is 33.4. The molecule has 1 amide bonds. The Bertz CT molecular complexity index is 650. The minimum absolute atomic E-state index is 0.129. The Morgan fingerprint density at radius 2 is 2.38 bits per heavy atom. The topological polar surface area (TPSA) is 86.3 Å². The second-order valence-corrected chi connectivity index (χ2v) is 6.02. The first-order valence-corrected chi connectivity index (χ1v) is 7.59. The van der Waals surface area contributed by atoms with Crippen LogP contribution in [0.4, 0.5) is 0 Å². The number of H-pyrrole nitrogens is 1. The Balaban J connectivity index is 1.72. The molecule has 7 heteroatoms. The fourth-order valence-electron chi connectivity index (χ4n) is 2.55. The predicted molar refractivity (Wildman–Crippen MR) is 76.9 cm³/mol. The van der Waals surface area contributed by atoms with Gasteiger partial charge in [0.1, 0.15) is 6.04 Å². The van der Waals surface area contributed by atoms with E-state index in [4.69, 9.17) is 0 Å². The third-order valence-electron chi connectivity index (χ3n) is 3.67. The molecule has 0 aliphatic carbocycles. The van der Waals surface area contributed by atoms with E-state index in [1.807, 2.05) is 17.5 Å². The molecule has 1 aliphatic heterocycles. The van der Waals surface area contributed by atoms with Gasteiger partial charge in [-0.2, -0.15) is 0 Å². The number of hydrogen-bond acceptors (Lipinski definition) is 4. The fourth-order valence-corrected chi connectivity index (χ4v) is 3.26. The van der Waals surface area contributed by atoms with Crippen LogP contribution in [0.3, 0.4) is 0 Å². The molecular formula is C14H15N3O3S. The second-order valence-electron chi connectivity index (χ2n) is 4.99. The van der Waals surface area contributed by atoms with Crippen LogP contribution in [-0.4, -0.2) is 37.9 Å². The molecule has 1 aliphatic rings. The molecule has 0 bridgehead atoms. The quantitative estimate of drug-likeness (QED) is 0.895. The first kappa shape index (κ1) is 13.8. The van der Waals surface area contributed by atoms with E-state index >= 15 is 0 Å². The normalized spacial score (nSPS) is 17.5. The van der Waals surface area contributed by atoms with Crippen LogP contribution in [0.15, 0.2) is 23.8 Å². The average molecular weight is 305 g/mol. The first-order valence-electron chi connectivity index (χ1n) is 6.71. The van der Waals surface area contributed by atoms with Crippen LogP contribution in [-0.2, 0) is 29.0 Å². The number of aromatic nitrogens is 2. The maximum Gasteiger partial charge on any atom is 0.326 e. The lowest BCUT2D eigenvalue weighted by atomic mass is 10.0. The fraction of sp³-hybridized carbons (Fsp3) is 0.357. The number of carboxylic acid groups (broad SMARTS) is 1. The number of amides is 1. The van der Waals surface area contributed by atoms with Crippen LogP contribution in [0.5, 0.6) is 0 Å². The highest BCUT2D eigenvalue weighted by Gasteiger charge is 2.35. The SMILES string of the molecule is O=C(O)[C@H]1Cc2nc[nH]c2CN1C(=O)CCc1cccs1. The van der Waals surface area contributed by atoms with E-state index in [-0.39, 0.29) is 18.9 Å². The molecule has 0 aromatic carbocycles. The van der Waals surface area contributed by atoms with Crippen molar-refractivity contribution in [3.8, 4) is 0 Å². The number of aromatic amines is 1. The largest absolute Gasteiger partial charge is 0.480 e. The van der Waals surface area contributed by atoms with Gasteiger partial charge in [0.15, 0.2) is 0 Å². The standard InChI is InChI=1S/C14H15N3O3S/c18-13(4-3-9-2-1-5-21-9)17-7-11-10(15-8-16-11)6-12(17)14(19)20/h1-2,5,8,12H,3-4,6-7H2,(H,15,16)(H,19,20)/t12-/m1/s1. The molecule has 2 aromatic heterocycles. The van der Waals surface area contributed by atoms with Crippen LogP contribution in [0.25, 0.3) is 0 Å². The maximum absolute atomic E-state index is 12.4. The molecular weight excluding hydrogens is 290 g/mol. The molecule has 2 aromatic rings. The average Bonchev–Trinajstić information content (AvgIpc) is 3.13. The smallest absolute Gasteiger partial charge is 0.326 e. The Labute approximate surface area is 125 Å². The molecule has 1 atom stereocenters. The minimum atomic E-state index is -0.979. The van der Waals surface area contributed by atoms with Crippen molar-refractivity contribution >= 4 is 23.2 Å². The summed E-state index contributed by atoms with van der Waals surface area (Å²) < 4.78 is 0. The molecule has 2 N–H and O–H groups in total. The number of carboxylic acids is 1. The number of aliphatic carboxylic acids is 1. The summed E-state index contributed by atoms with van der Waals surface area (Å²) >= 11 is 1.61. The van der Waals surface area contributed by atoms with Gasteiger partial charge in [-0.25, -0.2) is 9.78 Å². The molecule has 0 spiro atoms. The van der Waals surface area contributed by atoms with Gasteiger partial charge in [-0.1, -0.05) is 6.07 Å². The van der Waals surface area contributed by atoms with Crippen LogP contribution in [0.1, 0.15) is 22.7 Å². The molecule has 0 saturated carbocycles. The van der Waals surface area contributed by atoms with Crippen molar-refractivity contribution in [3.63, 3.8) is 0 Å². The highest BCUT2D eigenvalue weighted by Crippen LogP contribution is 2.22. The van der Waals surface area contributed by atoms with Gasteiger partial charge in [-0.05, 0) is 17.9 Å². The van der Waals surface area contributed by atoms with Crippen molar-refractivity contribution in [2.24, 2.45) is 0 Å². The van der Waals surface area contributed by atoms with Crippen LogP contribution < -0.4 is 0 Å². The van der Waals surface area contributed by atoms with Crippen LogP contribution >= 0.6 is 11.3 Å². The number of nitrogens with zero attached hydrogens (tertiary/aromatic N) is 2. The zero-order valence-corrected chi connectivity index (χ0v) is 12.1. The molecule has 110 valence electrons. The van der Waals surface area contributed by atoms with Gasteiger partial charge in [0.05, 0.1) is 24.3 Å². The summed E-state index contributed by atoms with van der Waals surface area (Å²) in [5.41, 5.74) is 1.57. The van der Waals surface area contributed by atoms with Gasteiger partial charge in [0.2, 0.25) is 5.91 Å². The predicted octanol–water partition coefficient (Wildman–Crippen LogP) is 1.44. The zero-order valence-electron chi connectivity index (χ0n) is 11.3.